The number of aromatic hydroxyl groups is 1. The molecule has 9 heteroatoms. The van der Waals surface area contributed by atoms with Gasteiger partial charge >= 0.3 is 12.1 Å². The van der Waals surface area contributed by atoms with Crippen LogP contribution < -0.4 is 5.56 Å². The first-order valence-electron chi connectivity index (χ1n) is 7.94. The standard InChI is InChI=1S/C16H23N3O6/c1-8-6-9(19(7-8)15(23)25-16(2,3)4)12-17-10(14(22)24-5)11(20)13(21)18-12/h8-9,20H,6-7H2,1-5H3,(H,17,18,21)/t8?,9-/m0/s1. The van der Waals surface area contributed by atoms with Crippen LogP contribution >= 0.6 is 0 Å². The molecule has 138 valence electrons. The van der Waals surface area contributed by atoms with Gasteiger partial charge in [-0.15, -0.1) is 0 Å². The smallest absolute Gasteiger partial charge is 0.410 e. The summed E-state index contributed by atoms with van der Waals surface area (Å²) in [4.78, 5) is 44.0. The second kappa shape index (κ2) is 6.73. The first-order valence-corrected chi connectivity index (χ1v) is 7.94. The Morgan fingerprint density at radius 1 is 1.36 bits per heavy atom. The normalized spacial score (nSPS) is 20.4. The first-order chi connectivity index (χ1) is 11.5. The second-order valence-corrected chi connectivity index (χ2v) is 7.13. The van der Waals surface area contributed by atoms with Crippen molar-refractivity contribution in [1.82, 2.24) is 14.9 Å². The molecule has 1 unspecified atom stereocenters. The highest BCUT2D eigenvalue weighted by molar-refractivity contribution is 5.89. The molecule has 1 aromatic heterocycles. The molecule has 0 radical (unpaired) electrons. The van der Waals surface area contributed by atoms with Gasteiger partial charge in [-0.05, 0) is 33.1 Å². The number of methoxy groups -OCH3 is 1. The maximum atomic E-state index is 12.5. The molecule has 2 heterocycles. The SMILES string of the molecule is COC(=O)c1nc([C@@H]2CC(C)CN2C(=O)OC(C)(C)C)[nH]c(=O)c1O. The van der Waals surface area contributed by atoms with Gasteiger partial charge < -0.3 is 19.6 Å². The summed E-state index contributed by atoms with van der Waals surface area (Å²) in [6.45, 7) is 7.66. The number of nitrogens with zero attached hydrogens (tertiary/aromatic N) is 2. The lowest BCUT2D eigenvalue weighted by atomic mass is 10.1. The van der Waals surface area contributed by atoms with Crippen molar-refractivity contribution in [2.24, 2.45) is 5.92 Å². The van der Waals surface area contributed by atoms with Crippen LogP contribution in [0.3, 0.4) is 0 Å². The molecule has 1 saturated heterocycles. The summed E-state index contributed by atoms with van der Waals surface area (Å²) in [5.74, 6) is -1.48. The van der Waals surface area contributed by atoms with Crippen molar-refractivity contribution in [2.45, 2.75) is 45.8 Å². The zero-order chi connectivity index (χ0) is 18.9. The van der Waals surface area contributed by atoms with Crippen molar-refractivity contribution in [3.8, 4) is 5.75 Å². The summed E-state index contributed by atoms with van der Waals surface area (Å²) in [6.07, 6.45) is 0.00491. The van der Waals surface area contributed by atoms with Crippen molar-refractivity contribution in [1.29, 1.82) is 0 Å². The van der Waals surface area contributed by atoms with E-state index in [-0.39, 0.29) is 11.7 Å². The highest BCUT2D eigenvalue weighted by Crippen LogP contribution is 2.34. The van der Waals surface area contributed by atoms with Crippen molar-refractivity contribution in [3.63, 3.8) is 0 Å². The molecule has 2 N–H and O–H groups in total. The number of H-pyrrole nitrogens is 1. The van der Waals surface area contributed by atoms with E-state index in [1.54, 1.807) is 20.8 Å². The van der Waals surface area contributed by atoms with Crippen LogP contribution in [0.2, 0.25) is 0 Å². The predicted molar refractivity (Wildman–Crippen MR) is 87.3 cm³/mol. The van der Waals surface area contributed by atoms with Crippen LogP contribution in [0.25, 0.3) is 0 Å². The lowest BCUT2D eigenvalue weighted by Gasteiger charge is -2.28. The molecule has 0 aromatic carbocycles. The molecule has 0 spiro atoms. The van der Waals surface area contributed by atoms with Gasteiger partial charge in [0, 0.05) is 6.54 Å². The van der Waals surface area contributed by atoms with E-state index in [9.17, 15) is 19.5 Å². The molecule has 9 nitrogen and oxygen atoms in total. The summed E-state index contributed by atoms with van der Waals surface area (Å²) in [7, 11) is 1.12. The Morgan fingerprint density at radius 3 is 2.56 bits per heavy atom. The van der Waals surface area contributed by atoms with Gasteiger partial charge in [-0.3, -0.25) is 9.69 Å². The average Bonchev–Trinajstić information content (AvgIpc) is 2.89. The minimum atomic E-state index is -0.931. The fraction of sp³-hybridized carbons (Fsp3) is 0.625. The van der Waals surface area contributed by atoms with E-state index in [4.69, 9.17) is 4.74 Å². The maximum Gasteiger partial charge on any atom is 0.410 e. The Bertz CT molecular complexity index is 736. The number of aromatic amines is 1. The van der Waals surface area contributed by atoms with Crippen molar-refractivity contribution in [3.05, 3.63) is 21.9 Å². The molecular formula is C16H23N3O6. The minimum Gasteiger partial charge on any atom is -0.501 e. The largest absolute Gasteiger partial charge is 0.501 e. The van der Waals surface area contributed by atoms with Gasteiger partial charge in [-0.25, -0.2) is 14.6 Å². The highest BCUT2D eigenvalue weighted by Gasteiger charge is 2.38. The van der Waals surface area contributed by atoms with Gasteiger partial charge in [-0.1, -0.05) is 6.92 Å². The van der Waals surface area contributed by atoms with E-state index in [2.05, 4.69) is 14.7 Å². The van der Waals surface area contributed by atoms with Gasteiger partial charge in [0.25, 0.3) is 5.56 Å². The summed E-state index contributed by atoms with van der Waals surface area (Å²) in [6, 6.07) is -0.568. The quantitative estimate of drug-likeness (QED) is 0.774. The van der Waals surface area contributed by atoms with Crippen LogP contribution in [-0.4, -0.2) is 51.3 Å². The third-order valence-electron chi connectivity index (χ3n) is 3.75. The summed E-state index contributed by atoms with van der Waals surface area (Å²) < 4.78 is 9.93. The first kappa shape index (κ1) is 18.8. The van der Waals surface area contributed by atoms with Crippen LogP contribution in [0.5, 0.6) is 5.75 Å². The summed E-state index contributed by atoms with van der Waals surface area (Å²) >= 11 is 0. The zero-order valence-electron chi connectivity index (χ0n) is 15.0. The van der Waals surface area contributed by atoms with Crippen molar-refractivity contribution in [2.75, 3.05) is 13.7 Å². The number of carbonyl (C=O) groups excluding carboxylic acids is 2. The fourth-order valence-corrected chi connectivity index (χ4v) is 2.71. The lowest BCUT2D eigenvalue weighted by molar-refractivity contribution is 0.0214. The molecule has 0 bridgehead atoms. The van der Waals surface area contributed by atoms with E-state index < -0.39 is 40.7 Å². The number of rotatable bonds is 2. The third-order valence-corrected chi connectivity index (χ3v) is 3.75. The highest BCUT2D eigenvalue weighted by atomic mass is 16.6. The number of hydrogen-bond donors (Lipinski definition) is 2. The molecule has 1 amide bonds. The number of esters is 1. The Morgan fingerprint density at radius 2 is 2.00 bits per heavy atom. The predicted octanol–water partition coefficient (Wildman–Crippen LogP) is 1.58. The zero-order valence-corrected chi connectivity index (χ0v) is 15.0. The van der Waals surface area contributed by atoms with Gasteiger partial charge in [-0.2, -0.15) is 0 Å². The molecular weight excluding hydrogens is 330 g/mol. The molecule has 1 aliphatic rings. The van der Waals surface area contributed by atoms with Gasteiger partial charge in [0.1, 0.15) is 11.4 Å². The van der Waals surface area contributed by atoms with Crippen molar-refractivity contribution < 1.29 is 24.2 Å². The van der Waals surface area contributed by atoms with Crippen LogP contribution in [0, 0.1) is 5.92 Å². The molecule has 2 atom stereocenters. The summed E-state index contributed by atoms with van der Waals surface area (Å²) in [5, 5.41) is 9.73. The van der Waals surface area contributed by atoms with Crippen molar-refractivity contribution >= 4 is 12.1 Å². The molecule has 0 saturated carbocycles. The molecule has 1 aliphatic heterocycles. The van der Waals surface area contributed by atoms with E-state index in [0.29, 0.717) is 13.0 Å². The monoisotopic (exact) mass is 353 g/mol. The fourth-order valence-electron chi connectivity index (χ4n) is 2.71. The van der Waals surface area contributed by atoms with E-state index in [1.165, 1.54) is 4.90 Å². The topological polar surface area (TPSA) is 122 Å². The number of aromatic nitrogens is 2. The molecule has 1 aromatic rings. The van der Waals surface area contributed by atoms with Crippen LogP contribution in [0.1, 0.15) is 56.5 Å². The minimum absolute atomic E-state index is 0.110. The average molecular weight is 353 g/mol. The Balaban J connectivity index is 2.41. The second-order valence-electron chi connectivity index (χ2n) is 7.13. The van der Waals surface area contributed by atoms with E-state index in [0.717, 1.165) is 7.11 Å². The van der Waals surface area contributed by atoms with Gasteiger partial charge in [0.15, 0.2) is 5.69 Å². The van der Waals surface area contributed by atoms with Crippen LogP contribution in [0.15, 0.2) is 4.79 Å². The molecule has 2 rings (SSSR count). The number of ether oxygens (including phenoxy) is 2. The third kappa shape index (κ3) is 4.09. The number of likely N-dealkylation sites (tertiary alicyclic amines) is 1. The van der Waals surface area contributed by atoms with Gasteiger partial charge in [0.05, 0.1) is 13.2 Å². The molecule has 0 aliphatic carbocycles. The molecule has 1 fully saturated rings. The Kier molecular flexibility index (Phi) is 5.05. The van der Waals surface area contributed by atoms with Crippen LogP contribution in [0.4, 0.5) is 4.79 Å². The Hall–Kier alpha value is -2.58. The van der Waals surface area contributed by atoms with E-state index in [1.807, 2.05) is 6.92 Å². The number of amides is 1. The van der Waals surface area contributed by atoms with Crippen LogP contribution in [-0.2, 0) is 9.47 Å². The maximum absolute atomic E-state index is 12.5. The lowest BCUT2D eigenvalue weighted by Crippen LogP contribution is -2.37. The Labute approximate surface area is 145 Å². The number of carbonyl (C=O) groups is 2. The van der Waals surface area contributed by atoms with Gasteiger partial charge in [0.2, 0.25) is 5.75 Å². The number of hydrogen-bond acceptors (Lipinski definition) is 7. The number of nitrogens with one attached hydrogen (secondary N) is 1. The molecule has 25 heavy (non-hydrogen) atoms. The van der Waals surface area contributed by atoms with E-state index >= 15 is 0 Å². The summed E-state index contributed by atoms with van der Waals surface area (Å²) in [5.41, 5.74) is -2.01.